The summed E-state index contributed by atoms with van der Waals surface area (Å²) >= 11 is 1.03. The van der Waals surface area contributed by atoms with E-state index in [1.54, 1.807) is 9.80 Å². The van der Waals surface area contributed by atoms with E-state index in [2.05, 4.69) is 10.2 Å². The fraction of sp³-hybridized carbons (Fsp3) is 0.500. The van der Waals surface area contributed by atoms with Crippen LogP contribution in [0.5, 0.6) is 0 Å². The molecule has 0 radical (unpaired) electrons. The Morgan fingerprint density at radius 1 is 1.04 bits per heavy atom. The highest BCUT2D eigenvalue weighted by Gasteiger charge is 2.50. The quantitative estimate of drug-likeness (QED) is 0.274. The van der Waals surface area contributed by atoms with Crippen molar-refractivity contribution in [2.45, 2.75) is 56.0 Å². The van der Waals surface area contributed by atoms with Crippen LogP contribution in [0.3, 0.4) is 0 Å². The van der Waals surface area contributed by atoms with E-state index in [-0.39, 0.29) is 34.1 Å². The molecular formula is C34H41F2N4O7PS. The molecule has 3 aromatic rings. The Kier molecular flexibility index (Phi) is 10.5. The van der Waals surface area contributed by atoms with E-state index < -0.39 is 36.8 Å². The second-order valence-corrected chi connectivity index (χ2v) is 15.9. The second kappa shape index (κ2) is 14.5. The van der Waals surface area contributed by atoms with Crippen LogP contribution >= 0.6 is 18.9 Å². The molecule has 2 aromatic carbocycles. The average Bonchev–Trinajstić information content (AvgIpc) is 3.76. The normalized spacial score (nSPS) is 22.0. The highest BCUT2D eigenvalue weighted by atomic mass is 32.1. The topological polar surface area (TPSA) is 140 Å². The number of piperidine rings is 1. The zero-order valence-corrected chi connectivity index (χ0v) is 28.9. The van der Waals surface area contributed by atoms with Crippen LogP contribution in [-0.4, -0.2) is 101 Å². The molecule has 3 N–H and O–H groups in total. The van der Waals surface area contributed by atoms with Crippen LogP contribution in [0.4, 0.5) is 8.78 Å². The molecule has 3 atom stereocenters. The van der Waals surface area contributed by atoms with Gasteiger partial charge in [-0.15, -0.1) is 11.3 Å². The first kappa shape index (κ1) is 35.6. The van der Waals surface area contributed by atoms with E-state index in [0.29, 0.717) is 50.2 Å². The number of benzene rings is 2. The molecule has 3 saturated heterocycles. The number of ether oxygens (including phenoxy) is 1. The Morgan fingerprint density at radius 2 is 1.78 bits per heavy atom. The first-order valence-corrected chi connectivity index (χ1v) is 19.0. The molecule has 6 rings (SSSR count). The van der Waals surface area contributed by atoms with Crippen LogP contribution < -0.4 is 5.32 Å². The van der Waals surface area contributed by atoms with Crippen molar-refractivity contribution in [3.63, 3.8) is 0 Å². The van der Waals surface area contributed by atoms with Crippen molar-refractivity contribution in [1.82, 2.24) is 20.0 Å². The van der Waals surface area contributed by atoms with Gasteiger partial charge in [0, 0.05) is 23.4 Å². The zero-order valence-electron chi connectivity index (χ0n) is 27.2. The Morgan fingerprint density at radius 3 is 2.49 bits per heavy atom. The summed E-state index contributed by atoms with van der Waals surface area (Å²) in [6.07, 6.45) is 3.01. The molecule has 3 aliphatic heterocycles. The van der Waals surface area contributed by atoms with E-state index in [9.17, 15) is 37.5 Å². The highest BCUT2D eigenvalue weighted by molar-refractivity contribution is 7.52. The van der Waals surface area contributed by atoms with E-state index in [1.807, 2.05) is 37.4 Å². The number of nitrogens with one attached hydrogen (secondary N) is 1. The lowest BCUT2D eigenvalue weighted by atomic mass is 9.89. The number of carbonyl (C=O) groups is 3. The number of amides is 3. The lowest BCUT2D eigenvalue weighted by Crippen LogP contribution is -2.56. The van der Waals surface area contributed by atoms with Crippen LogP contribution in [0.1, 0.15) is 59.0 Å². The summed E-state index contributed by atoms with van der Waals surface area (Å²) in [6.45, 7) is 3.30. The van der Waals surface area contributed by atoms with Gasteiger partial charge in [-0.1, -0.05) is 36.4 Å². The Hall–Kier alpha value is -3.26. The molecular weight excluding hydrogens is 677 g/mol. The summed E-state index contributed by atoms with van der Waals surface area (Å²) in [7, 11) is -3.73. The van der Waals surface area contributed by atoms with Gasteiger partial charge >= 0.3 is 13.3 Å². The van der Waals surface area contributed by atoms with Gasteiger partial charge in [-0.25, -0.2) is 0 Å². The number of alkyl halides is 2. The molecule has 0 saturated carbocycles. The molecule has 0 bridgehead atoms. The van der Waals surface area contributed by atoms with Gasteiger partial charge in [-0.2, -0.15) is 8.78 Å². The van der Waals surface area contributed by atoms with Gasteiger partial charge in [0.1, 0.15) is 18.2 Å². The maximum atomic E-state index is 14.4. The largest absolute Gasteiger partial charge is 0.399 e. The first-order chi connectivity index (χ1) is 23.3. The fourth-order valence-corrected chi connectivity index (χ4v) is 8.43. The molecule has 0 spiro atoms. The number of thiophene rings is 1. The lowest BCUT2D eigenvalue weighted by molar-refractivity contribution is -0.149. The predicted octanol–water partition coefficient (Wildman–Crippen LogP) is 4.55. The molecule has 3 fully saturated rings. The third kappa shape index (κ3) is 7.74. The molecule has 15 heteroatoms. The van der Waals surface area contributed by atoms with Crippen molar-refractivity contribution in [1.29, 1.82) is 0 Å². The summed E-state index contributed by atoms with van der Waals surface area (Å²) in [5, 5.41) is 3.14. The maximum Gasteiger partial charge on any atom is 0.399 e. The van der Waals surface area contributed by atoms with E-state index in [1.165, 1.54) is 12.1 Å². The number of carbonyl (C=O) groups excluding carboxylic acids is 3. The summed E-state index contributed by atoms with van der Waals surface area (Å²) in [4.78, 5) is 66.0. The fourth-order valence-electron chi connectivity index (χ4n) is 7.01. The van der Waals surface area contributed by atoms with Crippen molar-refractivity contribution < 1.29 is 42.3 Å². The van der Waals surface area contributed by atoms with Gasteiger partial charge in [-0.3, -0.25) is 18.9 Å². The predicted molar refractivity (Wildman–Crippen MR) is 180 cm³/mol. The van der Waals surface area contributed by atoms with Crippen molar-refractivity contribution in [2.75, 3.05) is 46.4 Å². The third-order valence-corrected chi connectivity index (χ3v) is 11.9. The van der Waals surface area contributed by atoms with Crippen LogP contribution in [0.2, 0.25) is 0 Å². The van der Waals surface area contributed by atoms with Crippen LogP contribution in [0.25, 0.3) is 10.1 Å². The van der Waals surface area contributed by atoms with Crippen molar-refractivity contribution in [2.24, 2.45) is 5.92 Å². The number of hydrogen-bond acceptors (Lipinski definition) is 7. The van der Waals surface area contributed by atoms with Crippen LogP contribution in [-0.2, 0) is 24.6 Å². The third-order valence-electron chi connectivity index (χ3n) is 9.83. The molecule has 11 nitrogen and oxygen atoms in total. The molecule has 3 aliphatic rings. The van der Waals surface area contributed by atoms with Crippen molar-refractivity contribution in [3.05, 3.63) is 70.6 Å². The monoisotopic (exact) mass is 718 g/mol. The minimum absolute atomic E-state index is 0.133. The number of fused-ring (bicyclic) bond motifs is 1. The van der Waals surface area contributed by atoms with E-state index in [0.717, 1.165) is 55.0 Å². The lowest BCUT2D eigenvalue weighted by Gasteiger charge is -2.37. The van der Waals surface area contributed by atoms with E-state index in [4.69, 9.17) is 4.74 Å². The number of rotatable bonds is 9. The molecule has 0 aliphatic carbocycles. The molecule has 4 heterocycles. The number of hydrogen-bond donors (Lipinski definition) is 3. The Bertz CT molecular complexity index is 1730. The standard InChI is InChI=1S/C34H41F2N4O7PS/c1-38-14-11-22(12-15-38)18-26(37-31(41)30-20-24-19-25(9-10-29(24)49-30)34(35,36)48(44,45)46)32(42)40-13-5-8-27(40)33(43)39-16-17-47-28(21-39)23-6-3-2-4-7-23/h2-4,6-7,9-10,19-20,22,26-28H,5,8,11-18,21H2,1H3,(H,37,41)(H2,44,45,46)/t26-,27-,28-/m0/s1. The minimum Gasteiger partial charge on any atom is -0.370 e. The van der Waals surface area contributed by atoms with Crippen LogP contribution in [0.15, 0.2) is 54.6 Å². The van der Waals surface area contributed by atoms with Gasteiger partial charge in [-0.05, 0) is 87.3 Å². The maximum absolute atomic E-state index is 14.4. The Balaban J connectivity index is 1.20. The minimum atomic E-state index is -5.77. The average molecular weight is 719 g/mol. The number of likely N-dealkylation sites (tertiary alicyclic amines) is 2. The summed E-state index contributed by atoms with van der Waals surface area (Å²) in [5.74, 6) is -0.836. The molecule has 49 heavy (non-hydrogen) atoms. The highest BCUT2D eigenvalue weighted by Crippen LogP contribution is 2.59. The van der Waals surface area contributed by atoms with Crippen LogP contribution in [0, 0.1) is 5.92 Å². The number of morpholine rings is 1. The molecule has 1 aromatic heterocycles. The zero-order chi connectivity index (χ0) is 34.9. The first-order valence-electron chi connectivity index (χ1n) is 16.5. The van der Waals surface area contributed by atoms with Gasteiger partial charge in [0.25, 0.3) is 5.91 Å². The second-order valence-electron chi connectivity index (χ2n) is 13.2. The van der Waals surface area contributed by atoms with Crippen molar-refractivity contribution in [3.8, 4) is 0 Å². The molecule has 3 amide bonds. The SMILES string of the molecule is CN1CCC(C[C@H](NC(=O)c2cc3cc(C(F)(F)P(=O)(O)O)ccc3s2)C(=O)N2CCC[C@H]2C(=O)N2CCO[C@H](c3ccccc3)C2)CC1. The summed E-state index contributed by atoms with van der Waals surface area (Å²) < 4.78 is 46.7. The van der Waals surface area contributed by atoms with E-state index >= 15 is 0 Å². The van der Waals surface area contributed by atoms with Gasteiger partial charge in [0.05, 0.1) is 18.0 Å². The van der Waals surface area contributed by atoms with Gasteiger partial charge in [0.15, 0.2) is 0 Å². The van der Waals surface area contributed by atoms with Gasteiger partial charge < -0.3 is 34.5 Å². The molecule has 0 unspecified atom stereocenters. The van der Waals surface area contributed by atoms with Gasteiger partial charge in [0.2, 0.25) is 11.8 Å². The Labute approximate surface area is 287 Å². The number of nitrogens with zero attached hydrogens (tertiary/aromatic N) is 3. The summed E-state index contributed by atoms with van der Waals surface area (Å²) in [5.41, 5.74) is -4.26. The molecule has 264 valence electrons. The smallest absolute Gasteiger partial charge is 0.370 e. The van der Waals surface area contributed by atoms with Crippen molar-refractivity contribution >= 4 is 46.7 Å². The number of halogens is 2. The summed E-state index contributed by atoms with van der Waals surface area (Å²) in [6, 6.07) is 12.7.